The third-order valence-corrected chi connectivity index (χ3v) is 2.81. The number of rotatable bonds is 2. The molecule has 0 unspecified atom stereocenters. The van der Waals surface area contributed by atoms with Gasteiger partial charge in [0.1, 0.15) is 5.02 Å². The number of halogens is 2. The van der Waals surface area contributed by atoms with Gasteiger partial charge in [0.05, 0.1) is 4.90 Å². The number of carbonyl (C=O) groups is 1. The van der Waals surface area contributed by atoms with Crippen LogP contribution in [0.4, 0.5) is 4.79 Å². The molecule has 0 saturated heterocycles. The Bertz CT molecular complexity index is 500. The van der Waals surface area contributed by atoms with Gasteiger partial charge in [-0.2, -0.15) is 0 Å². The summed E-state index contributed by atoms with van der Waals surface area (Å²) < 4.78 is 26.6. The van der Waals surface area contributed by atoms with Crippen molar-refractivity contribution in [1.82, 2.24) is 4.98 Å². The molecule has 8 heteroatoms. The maximum Gasteiger partial charge on any atom is 0.410 e. The summed E-state index contributed by atoms with van der Waals surface area (Å²) in [5.41, 5.74) is -1.10. The van der Waals surface area contributed by atoms with E-state index < -0.39 is 15.3 Å². The van der Waals surface area contributed by atoms with Crippen molar-refractivity contribution in [3.8, 4) is 5.88 Å². The van der Waals surface area contributed by atoms with Crippen molar-refractivity contribution in [3.63, 3.8) is 0 Å². The maximum atomic E-state index is 11.1. The quantitative estimate of drug-likeness (QED) is 0.767. The second-order valence-corrected chi connectivity index (χ2v) is 5.30. The Balaban J connectivity index is 3.15. The van der Waals surface area contributed by atoms with Crippen LogP contribution in [-0.2, 0) is 9.84 Å². The summed E-state index contributed by atoms with van der Waals surface area (Å²) in [6, 6.07) is 1.12. The lowest BCUT2D eigenvalue weighted by Gasteiger charge is -2.03. The summed E-state index contributed by atoms with van der Waals surface area (Å²) >= 11 is 10.6. The molecule has 0 aromatic carbocycles. The van der Waals surface area contributed by atoms with Gasteiger partial charge in [-0.25, -0.2) is 18.2 Å². The molecular weight excluding hydrogens is 265 g/mol. The number of hydrogen-bond acceptors (Lipinski definition) is 5. The Morgan fingerprint density at radius 1 is 1.53 bits per heavy atom. The highest BCUT2D eigenvalue weighted by Gasteiger charge is 2.13. The zero-order valence-corrected chi connectivity index (χ0v) is 9.73. The number of ether oxygens (including phenoxy) is 1. The molecule has 0 fully saturated rings. The first-order valence-corrected chi connectivity index (χ1v) is 6.18. The highest BCUT2D eigenvalue weighted by Crippen LogP contribution is 2.24. The van der Waals surface area contributed by atoms with Crippen LogP contribution in [-0.4, -0.2) is 25.1 Å². The molecule has 0 atom stereocenters. The molecule has 0 aliphatic rings. The van der Waals surface area contributed by atoms with Crippen molar-refractivity contribution in [2.75, 3.05) is 6.26 Å². The molecule has 1 rings (SSSR count). The van der Waals surface area contributed by atoms with Crippen LogP contribution in [0, 0.1) is 0 Å². The minimum Gasteiger partial charge on any atom is -0.394 e. The van der Waals surface area contributed by atoms with Crippen molar-refractivity contribution in [2.24, 2.45) is 0 Å². The lowest BCUT2D eigenvalue weighted by atomic mass is 10.5. The smallest absolute Gasteiger partial charge is 0.394 e. The molecule has 0 N–H and O–H groups in total. The summed E-state index contributed by atoms with van der Waals surface area (Å²) in [4.78, 5) is 13.9. The first-order chi connectivity index (χ1) is 6.80. The summed E-state index contributed by atoms with van der Waals surface area (Å²) in [7, 11) is -3.39. The second-order valence-electron chi connectivity index (χ2n) is 2.57. The van der Waals surface area contributed by atoms with Gasteiger partial charge in [0.15, 0.2) is 9.84 Å². The molecule has 1 aromatic heterocycles. The fraction of sp³-hybridized carbons (Fsp3) is 0.143. The minimum absolute atomic E-state index is 0.0677. The van der Waals surface area contributed by atoms with E-state index >= 15 is 0 Å². The highest BCUT2D eigenvalue weighted by molar-refractivity contribution is 7.90. The molecule has 0 spiro atoms. The Morgan fingerprint density at radius 3 is 2.53 bits per heavy atom. The van der Waals surface area contributed by atoms with Crippen LogP contribution in [0.3, 0.4) is 0 Å². The predicted molar refractivity (Wildman–Crippen MR) is 54.2 cm³/mol. The van der Waals surface area contributed by atoms with E-state index in [1.54, 1.807) is 0 Å². The van der Waals surface area contributed by atoms with Crippen LogP contribution in [0.25, 0.3) is 0 Å². The molecule has 1 aromatic rings. The Kier molecular flexibility index (Phi) is 3.54. The first-order valence-electron chi connectivity index (χ1n) is 3.53. The molecule has 0 bridgehead atoms. The molecular formula is C7H5Cl2NO4S. The van der Waals surface area contributed by atoms with Crippen LogP contribution in [0.15, 0.2) is 17.2 Å². The van der Waals surface area contributed by atoms with Crippen molar-refractivity contribution in [3.05, 3.63) is 17.3 Å². The fourth-order valence-electron chi connectivity index (χ4n) is 0.762. The maximum absolute atomic E-state index is 11.1. The van der Waals surface area contributed by atoms with Gasteiger partial charge in [-0.3, -0.25) is 0 Å². The lowest BCUT2D eigenvalue weighted by molar-refractivity contribution is 0.224. The molecule has 0 radical (unpaired) electrons. The van der Waals surface area contributed by atoms with Crippen molar-refractivity contribution in [2.45, 2.75) is 4.90 Å². The minimum atomic E-state index is -3.39. The zero-order chi connectivity index (χ0) is 11.6. The van der Waals surface area contributed by atoms with E-state index in [0.717, 1.165) is 18.5 Å². The number of sulfone groups is 1. The normalized spacial score (nSPS) is 11.1. The van der Waals surface area contributed by atoms with Crippen molar-refractivity contribution < 1.29 is 17.9 Å². The topological polar surface area (TPSA) is 73.3 Å². The number of hydrogen-bond donors (Lipinski definition) is 0. The number of nitrogens with zero attached hydrogens (tertiary/aromatic N) is 1. The van der Waals surface area contributed by atoms with Gasteiger partial charge in [-0.15, -0.1) is 0 Å². The summed E-state index contributed by atoms with van der Waals surface area (Å²) in [6.45, 7) is 0. The molecule has 0 saturated carbocycles. The SMILES string of the molecule is CS(=O)(=O)c1cnc(OC(=O)Cl)c(Cl)c1. The van der Waals surface area contributed by atoms with E-state index in [9.17, 15) is 13.2 Å². The summed E-state index contributed by atoms with van der Waals surface area (Å²) in [5.74, 6) is -0.232. The van der Waals surface area contributed by atoms with Crippen LogP contribution < -0.4 is 4.74 Å². The monoisotopic (exact) mass is 269 g/mol. The van der Waals surface area contributed by atoms with Gasteiger partial charge in [-0.1, -0.05) is 11.6 Å². The van der Waals surface area contributed by atoms with E-state index in [0.29, 0.717) is 0 Å². The average molecular weight is 270 g/mol. The van der Waals surface area contributed by atoms with Crippen molar-refractivity contribution >= 4 is 38.5 Å². The lowest BCUT2D eigenvalue weighted by Crippen LogP contribution is -2.02. The molecule has 0 aliphatic carbocycles. The number of aromatic nitrogens is 1. The zero-order valence-electron chi connectivity index (χ0n) is 7.40. The van der Waals surface area contributed by atoms with Gasteiger partial charge < -0.3 is 4.74 Å². The van der Waals surface area contributed by atoms with Gasteiger partial charge in [-0.05, 0) is 6.07 Å². The summed E-state index contributed by atoms with van der Waals surface area (Å²) in [5, 5.41) is -0.105. The third kappa shape index (κ3) is 3.33. The fourth-order valence-corrected chi connectivity index (χ4v) is 1.68. The molecule has 0 amide bonds. The number of carbonyl (C=O) groups excluding carboxylic acids is 1. The van der Waals surface area contributed by atoms with Gasteiger partial charge in [0, 0.05) is 24.1 Å². The Hall–Kier alpha value is -0.850. The summed E-state index contributed by atoms with van der Waals surface area (Å²) in [6.07, 6.45) is 2.03. The van der Waals surface area contributed by atoms with E-state index in [4.69, 9.17) is 23.2 Å². The van der Waals surface area contributed by atoms with Crippen LogP contribution in [0.2, 0.25) is 5.02 Å². The third-order valence-electron chi connectivity index (χ3n) is 1.39. The first kappa shape index (κ1) is 12.2. The van der Waals surface area contributed by atoms with E-state index in [2.05, 4.69) is 9.72 Å². The predicted octanol–water partition coefficient (Wildman–Crippen LogP) is 1.88. The van der Waals surface area contributed by atoms with Crippen molar-refractivity contribution in [1.29, 1.82) is 0 Å². The number of pyridine rings is 1. The van der Waals surface area contributed by atoms with Crippen LogP contribution >= 0.6 is 23.2 Å². The average Bonchev–Trinajstić information content (AvgIpc) is 2.05. The van der Waals surface area contributed by atoms with E-state index in [1.165, 1.54) is 0 Å². The molecule has 5 nitrogen and oxygen atoms in total. The van der Waals surface area contributed by atoms with Gasteiger partial charge in [0.25, 0.3) is 0 Å². The van der Waals surface area contributed by atoms with E-state index in [-0.39, 0.29) is 15.8 Å². The molecule has 1 heterocycles. The van der Waals surface area contributed by atoms with Crippen LogP contribution in [0.1, 0.15) is 0 Å². The van der Waals surface area contributed by atoms with Gasteiger partial charge in [0.2, 0.25) is 5.88 Å². The largest absolute Gasteiger partial charge is 0.410 e. The Morgan fingerprint density at radius 2 is 2.13 bits per heavy atom. The molecule has 15 heavy (non-hydrogen) atoms. The van der Waals surface area contributed by atoms with E-state index in [1.807, 2.05) is 0 Å². The molecule has 0 aliphatic heterocycles. The molecule has 82 valence electrons. The van der Waals surface area contributed by atoms with Crippen LogP contribution in [0.5, 0.6) is 5.88 Å². The second kappa shape index (κ2) is 4.34. The van der Waals surface area contributed by atoms with Gasteiger partial charge >= 0.3 is 5.43 Å². The standard InChI is InChI=1S/C7H5Cl2NO4S/c1-15(12,13)4-2-5(8)6(10-3-4)14-7(9)11/h2-3H,1H3. The Labute approximate surface area is 95.9 Å². The highest BCUT2D eigenvalue weighted by atomic mass is 35.5.